The zero-order valence-electron chi connectivity index (χ0n) is 17.8. The summed E-state index contributed by atoms with van der Waals surface area (Å²) in [5.41, 5.74) is 2.76. The quantitative estimate of drug-likeness (QED) is 0.345. The zero-order valence-corrected chi connectivity index (χ0v) is 23.4. The number of hydrogen-bond donors (Lipinski definition) is 0. The molecule has 0 aliphatic carbocycles. The molecule has 0 amide bonds. The van der Waals surface area contributed by atoms with Crippen LogP contribution in [0.2, 0.25) is 0 Å². The second-order valence-corrected chi connectivity index (χ2v) is 8.60. The lowest BCUT2D eigenvalue weighted by molar-refractivity contribution is 0.132. The van der Waals surface area contributed by atoms with Crippen LogP contribution < -0.4 is 9.47 Å². The molecule has 7 heteroatoms. The number of benzene rings is 2. The van der Waals surface area contributed by atoms with Crippen LogP contribution in [0.1, 0.15) is 17.5 Å². The number of rotatable bonds is 9. The molecule has 0 saturated carbocycles. The maximum Gasteiger partial charge on any atom is 0.160 e. The summed E-state index contributed by atoms with van der Waals surface area (Å²) in [4.78, 5) is 5.19. The third kappa shape index (κ3) is 8.65. The van der Waals surface area contributed by atoms with Gasteiger partial charge in [-0.05, 0) is 83.8 Å². The first kappa shape index (κ1) is 27.7. The highest BCUT2D eigenvalue weighted by atomic mass is 127. The summed E-state index contributed by atoms with van der Waals surface area (Å²) in [5, 5.41) is 0. The number of aryl methyl sites for hydroxylation is 1. The van der Waals surface area contributed by atoms with Gasteiger partial charge in [-0.25, -0.2) is 0 Å². The van der Waals surface area contributed by atoms with E-state index in [1.54, 1.807) is 14.2 Å². The standard InChI is InChI=1S/C23H31IN2O2.2BrH/c1-27-22-9-8-20(18-23(22)28-2)10-12-26-15-13-25(14-16-26)11-4-6-19-5-3-7-21(24)17-19;;/h3,5,7-9,17-18H,4,6,10-16H2,1-2H3;2*1H. The fourth-order valence-electron chi connectivity index (χ4n) is 3.76. The predicted molar refractivity (Wildman–Crippen MR) is 144 cm³/mol. The van der Waals surface area contributed by atoms with Crippen LogP contribution in [0.25, 0.3) is 0 Å². The van der Waals surface area contributed by atoms with E-state index in [2.05, 4.69) is 68.8 Å². The van der Waals surface area contributed by atoms with Crippen molar-refractivity contribution < 1.29 is 9.47 Å². The van der Waals surface area contributed by atoms with Crippen LogP contribution in [0, 0.1) is 3.57 Å². The van der Waals surface area contributed by atoms with Gasteiger partial charge < -0.3 is 19.3 Å². The number of halogens is 3. The Morgan fingerprint density at radius 1 is 0.767 bits per heavy atom. The van der Waals surface area contributed by atoms with Gasteiger partial charge in [-0.15, -0.1) is 34.0 Å². The topological polar surface area (TPSA) is 24.9 Å². The van der Waals surface area contributed by atoms with Crippen molar-refractivity contribution in [1.82, 2.24) is 9.80 Å². The average Bonchev–Trinajstić information content (AvgIpc) is 2.73. The maximum atomic E-state index is 5.41. The van der Waals surface area contributed by atoms with E-state index in [0.717, 1.165) is 37.6 Å². The Morgan fingerprint density at radius 2 is 1.40 bits per heavy atom. The smallest absolute Gasteiger partial charge is 0.160 e. The summed E-state index contributed by atoms with van der Waals surface area (Å²) >= 11 is 2.39. The van der Waals surface area contributed by atoms with Crippen molar-refractivity contribution >= 4 is 56.6 Å². The van der Waals surface area contributed by atoms with Gasteiger partial charge >= 0.3 is 0 Å². The minimum Gasteiger partial charge on any atom is -0.493 e. The highest BCUT2D eigenvalue weighted by molar-refractivity contribution is 14.1. The van der Waals surface area contributed by atoms with Crippen molar-refractivity contribution in [1.29, 1.82) is 0 Å². The largest absolute Gasteiger partial charge is 0.493 e. The molecule has 0 N–H and O–H groups in total. The number of methoxy groups -OCH3 is 2. The highest BCUT2D eigenvalue weighted by Gasteiger charge is 2.16. The van der Waals surface area contributed by atoms with Crippen LogP contribution in [0.4, 0.5) is 0 Å². The molecule has 1 heterocycles. The highest BCUT2D eigenvalue weighted by Crippen LogP contribution is 2.27. The van der Waals surface area contributed by atoms with E-state index >= 15 is 0 Å². The predicted octanol–water partition coefficient (Wildman–Crippen LogP) is 5.26. The van der Waals surface area contributed by atoms with Gasteiger partial charge in [0.25, 0.3) is 0 Å². The van der Waals surface area contributed by atoms with E-state index in [9.17, 15) is 0 Å². The molecule has 1 saturated heterocycles. The Morgan fingerprint density at radius 3 is 2.03 bits per heavy atom. The van der Waals surface area contributed by atoms with Crippen LogP contribution in [-0.4, -0.2) is 63.3 Å². The van der Waals surface area contributed by atoms with Crippen molar-refractivity contribution in [3.05, 3.63) is 57.2 Å². The van der Waals surface area contributed by atoms with Gasteiger partial charge in [0.1, 0.15) is 0 Å². The van der Waals surface area contributed by atoms with Crippen LogP contribution >= 0.6 is 56.6 Å². The molecular weight excluding hydrogens is 623 g/mol. The minimum absolute atomic E-state index is 0. The molecule has 0 aromatic heterocycles. The monoisotopic (exact) mass is 654 g/mol. The molecule has 30 heavy (non-hydrogen) atoms. The molecule has 1 fully saturated rings. The normalized spacial score (nSPS) is 14.5. The molecule has 4 nitrogen and oxygen atoms in total. The lowest BCUT2D eigenvalue weighted by Gasteiger charge is -2.34. The van der Waals surface area contributed by atoms with E-state index in [1.807, 2.05) is 6.07 Å². The minimum atomic E-state index is 0. The molecule has 2 aromatic carbocycles. The van der Waals surface area contributed by atoms with Gasteiger partial charge in [0, 0.05) is 36.3 Å². The Balaban J connectivity index is 0.00000225. The number of nitrogens with zero attached hydrogens (tertiary/aromatic N) is 2. The fraction of sp³-hybridized carbons (Fsp3) is 0.478. The molecular formula is C23H33Br2IN2O2. The average molecular weight is 656 g/mol. The second-order valence-electron chi connectivity index (χ2n) is 7.36. The van der Waals surface area contributed by atoms with Gasteiger partial charge in [-0.1, -0.05) is 18.2 Å². The zero-order chi connectivity index (χ0) is 19.8. The molecule has 1 aliphatic rings. The first-order valence-electron chi connectivity index (χ1n) is 10.1. The first-order valence-corrected chi connectivity index (χ1v) is 11.2. The van der Waals surface area contributed by atoms with Gasteiger partial charge in [0.2, 0.25) is 0 Å². The van der Waals surface area contributed by atoms with Crippen LogP contribution in [0.3, 0.4) is 0 Å². The van der Waals surface area contributed by atoms with Crippen molar-refractivity contribution in [3.8, 4) is 11.5 Å². The molecule has 2 aromatic rings. The van der Waals surface area contributed by atoms with Gasteiger partial charge in [-0.2, -0.15) is 0 Å². The third-order valence-corrected chi connectivity index (χ3v) is 6.13. The Labute approximate surface area is 216 Å². The molecule has 3 rings (SSSR count). The van der Waals surface area contributed by atoms with Crippen LogP contribution in [0.15, 0.2) is 42.5 Å². The van der Waals surface area contributed by atoms with E-state index in [1.165, 1.54) is 47.2 Å². The van der Waals surface area contributed by atoms with Crippen molar-refractivity contribution in [3.63, 3.8) is 0 Å². The maximum absolute atomic E-state index is 5.41. The fourth-order valence-corrected chi connectivity index (χ4v) is 4.37. The molecule has 168 valence electrons. The van der Waals surface area contributed by atoms with Crippen molar-refractivity contribution in [2.24, 2.45) is 0 Å². The second kappa shape index (κ2) is 14.7. The molecule has 0 unspecified atom stereocenters. The summed E-state index contributed by atoms with van der Waals surface area (Å²) in [6.45, 7) is 6.99. The summed E-state index contributed by atoms with van der Waals surface area (Å²) in [6.07, 6.45) is 3.47. The summed E-state index contributed by atoms with van der Waals surface area (Å²) in [6, 6.07) is 15.1. The van der Waals surface area contributed by atoms with Crippen LogP contribution in [-0.2, 0) is 12.8 Å². The van der Waals surface area contributed by atoms with E-state index in [0.29, 0.717) is 0 Å². The lowest BCUT2D eigenvalue weighted by atomic mass is 10.1. The van der Waals surface area contributed by atoms with Crippen molar-refractivity contribution in [2.75, 3.05) is 53.5 Å². The summed E-state index contributed by atoms with van der Waals surface area (Å²) in [5.74, 6) is 1.61. The molecule has 0 bridgehead atoms. The Bertz CT molecular complexity index is 756. The molecule has 0 atom stereocenters. The van der Waals surface area contributed by atoms with Gasteiger partial charge in [-0.3, -0.25) is 0 Å². The van der Waals surface area contributed by atoms with E-state index in [-0.39, 0.29) is 34.0 Å². The van der Waals surface area contributed by atoms with Gasteiger partial charge in [0.05, 0.1) is 14.2 Å². The number of ether oxygens (including phenoxy) is 2. The lowest BCUT2D eigenvalue weighted by Crippen LogP contribution is -2.47. The summed E-state index contributed by atoms with van der Waals surface area (Å²) in [7, 11) is 3.37. The van der Waals surface area contributed by atoms with Gasteiger partial charge in [0.15, 0.2) is 11.5 Å². The third-order valence-electron chi connectivity index (χ3n) is 5.46. The SMILES string of the molecule is Br.Br.COc1ccc(CCN2CCN(CCCc3cccc(I)c3)CC2)cc1OC. The molecule has 1 aliphatic heterocycles. The first-order chi connectivity index (χ1) is 13.7. The summed E-state index contributed by atoms with van der Waals surface area (Å²) < 4.78 is 12.1. The molecule has 0 spiro atoms. The van der Waals surface area contributed by atoms with E-state index < -0.39 is 0 Å². The van der Waals surface area contributed by atoms with Crippen molar-refractivity contribution in [2.45, 2.75) is 19.3 Å². The number of piperazine rings is 1. The molecule has 0 radical (unpaired) electrons. The van der Waals surface area contributed by atoms with Crippen LogP contribution in [0.5, 0.6) is 11.5 Å². The number of hydrogen-bond acceptors (Lipinski definition) is 4. The Kier molecular flexibility index (Phi) is 13.5. The Hall–Kier alpha value is -0.350. The van der Waals surface area contributed by atoms with E-state index in [4.69, 9.17) is 9.47 Å².